The van der Waals surface area contributed by atoms with Gasteiger partial charge in [-0.15, -0.1) is 0 Å². The number of hydrogen-bond acceptors (Lipinski definition) is 4. The molecule has 4 aliphatic rings. The van der Waals surface area contributed by atoms with Gasteiger partial charge in [0.25, 0.3) is 0 Å². The number of carbonyl (C=O) groups excluding carboxylic acids is 2. The summed E-state index contributed by atoms with van der Waals surface area (Å²) >= 11 is 0. The molecule has 0 atom stereocenters. The molecule has 4 heteroatoms. The lowest BCUT2D eigenvalue weighted by Gasteiger charge is -2.55. The molecule has 0 N–H and O–H groups in total. The highest BCUT2D eigenvalue weighted by Crippen LogP contribution is 2.60. The Kier molecular flexibility index (Phi) is 3.28. The highest BCUT2D eigenvalue weighted by Gasteiger charge is 2.54. The van der Waals surface area contributed by atoms with E-state index in [2.05, 4.69) is 4.98 Å². The average molecular weight is 299 g/mol. The molecular weight excluding hydrogens is 278 g/mol. The highest BCUT2D eigenvalue weighted by atomic mass is 16.5. The molecule has 1 aromatic heterocycles. The van der Waals surface area contributed by atoms with Crippen LogP contribution in [0.1, 0.15) is 48.9 Å². The second kappa shape index (κ2) is 5.18. The van der Waals surface area contributed by atoms with Gasteiger partial charge in [-0.1, -0.05) is 0 Å². The second-order valence-electron chi connectivity index (χ2n) is 7.43. The van der Waals surface area contributed by atoms with Crippen molar-refractivity contribution < 1.29 is 14.3 Å². The largest absolute Gasteiger partial charge is 0.454 e. The molecule has 1 heterocycles. The molecule has 4 bridgehead atoms. The first kappa shape index (κ1) is 13.9. The van der Waals surface area contributed by atoms with Crippen LogP contribution in [-0.2, 0) is 9.53 Å². The Bertz CT molecular complexity index is 560. The molecule has 1 aromatic rings. The molecule has 0 amide bonds. The third-order valence-corrected chi connectivity index (χ3v) is 5.88. The maximum absolute atomic E-state index is 12.7. The number of carbonyl (C=O) groups is 2. The maximum atomic E-state index is 12.7. The summed E-state index contributed by atoms with van der Waals surface area (Å²) in [7, 11) is 0. The molecule has 4 aliphatic carbocycles. The van der Waals surface area contributed by atoms with E-state index in [1.807, 2.05) is 0 Å². The van der Waals surface area contributed by atoms with Crippen molar-refractivity contribution in [3.63, 3.8) is 0 Å². The van der Waals surface area contributed by atoms with E-state index in [1.54, 1.807) is 24.5 Å². The van der Waals surface area contributed by atoms with E-state index in [-0.39, 0.29) is 17.8 Å². The second-order valence-corrected chi connectivity index (χ2v) is 7.43. The highest BCUT2D eigenvalue weighted by molar-refractivity contribution is 5.93. The molecule has 4 saturated carbocycles. The third kappa shape index (κ3) is 2.34. The average Bonchev–Trinajstić information content (AvgIpc) is 2.51. The molecule has 0 spiro atoms. The van der Waals surface area contributed by atoms with Gasteiger partial charge in [0.15, 0.2) is 12.4 Å². The van der Waals surface area contributed by atoms with Gasteiger partial charge < -0.3 is 4.74 Å². The van der Waals surface area contributed by atoms with Crippen LogP contribution in [0.25, 0.3) is 0 Å². The van der Waals surface area contributed by atoms with Gasteiger partial charge in [0, 0.05) is 17.8 Å². The number of rotatable bonds is 4. The van der Waals surface area contributed by atoms with Crippen molar-refractivity contribution in [2.24, 2.45) is 23.2 Å². The van der Waals surface area contributed by atoms with Crippen molar-refractivity contribution >= 4 is 11.8 Å². The third-order valence-electron chi connectivity index (χ3n) is 5.88. The molecule has 0 aromatic carbocycles. The summed E-state index contributed by atoms with van der Waals surface area (Å²) in [4.78, 5) is 28.6. The minimum atomic E-state index is -0.430. The number of ketones is 1. The minimum Gasteiger partial charge on any atom is -0.454 e. The van der Waals surface area contributed by atoms with Gasteiger partial charge >= 0.3 is 5.97 Å². The molecule has 0 radical (unpaired) electrons. The maximum Gasteiger partial charge on any atom is 0.338 e. The van der Waals surface area contributed by atoms with Gasteiger partial charge in [-0.25, -0.2) is 4.79 Å². The number of hydrogen-bond donors (Lipinski definition) is 0. The summed E-state index contributed by atoms with van der Waals surface area (Å²) in [6.45, 7) is -0.0761. The van der Waals surface area contributed by atoms with Crippen molar-refractivity contribution in [3.05, 3.63) is 30.1 Å². The molecular formula is C18H21NO3. The Morgan fingerprint density at radius 3 is 2.14 bits per heavy atom. The van der Waals surface area contributed by atoms with Crippen LogP contribution in [0.3, 0.4) is 0 Å². The van der Waals surface area contributed by atoms with E-state index in [0.29, 0.717) is 5.56 Å². The normalized spacial score (nSPS) is 35.4. The number of aromatic nitrogens is 1. The first-order valence-electron chi connectivity index (χ1n) is 8.25. The summed E-state index contributed by atoms with van der Waals surface area (Å²) in [5.74, 6) is 1.90. The van der Waals surface area contributed by atoms with Gasteiger partial charge in [0.2, 0.25) is 0 Å². The molecule has 0 unspecified atom stereocenters. The van der Waals surface area contributed by atoms with Gasteiger partial charge in [0.1, 0.15) is 0 Å². The number of nitrogens with zero attached hydrogens (tertiary/aromatic N) is 1. The number of pyridine rings is 1. The summed E-state index contributed by atoms with van der Waals surface area (Å²) in [5, 5.41) is 0. The van der Waals surface area contributed by atoms with E-state index in [4.69, 9.17) is 4.74 Å². The molecule has 116 valence electrons. The SMILES string of the molecule is O=C(OCC(=O)C12CC3CC(CC(C3)C1)C2)c1ccncc1. The van der Waals surface area contributed by atoms with Crippen LogP contribution in [0.4, 0.5) is 0 Å². The van der Waals surface area contributed by atoms with E-state index >= 15 is 0 Å². The minimum absolute atomic E-state index is 0.0761. The van der Waals surface area contributed by atoms with E-state index in [1.165, 1.54) is 19.3 Å². The van der Waals surface area contributed by atoms with Crippen molar-refractivity contribution in [3.8, 4) is 0 Å². The van der Waals surface area contributed by atoms with Crippen molar-refractivity contribution in [1.29, 1.82) is 0 Å². The van der Waals surface area contributed by atoms with Gasteiger partial charge in [0.05, 0.1) is 5.56 Å². The zero-order valence-electron chi connectivity index (χ0n) is 12.7. The van der Waals surface area contributed by atoms with E-state index < -0.39 is 5.97 Å². The van der Waals surface area contributed by atoms with E-state index in [9.17, 15) is 9.59 Å². The molecule has 0 saturated heterocycles. The fourth-order valence-electron chi connectivity index (χ4n) is 5.31. The lowest BCUT2D eigenvalue weighted by Crippen LogP contribution is -2.51. The summed E-state index contributed by atoms with van der Waals surface area (Å²) in [6, 6.07) is 3.22. The van der Waals surface area contributed by atoms with Crippen LogP contribution >= 0.6 is 0 Å². The van der Waals surface area contributed by atoms with E-state index in [0.717, 1.165) is 37.0 Å². The standard InChI is InChI=1S/C18H21NO3/c20-16(11-22-17(21)15-1-3-19-4-2-15)18-8-12-5-13(9-18)7-14(6-12)10-18/h1-4,12-14H,5-11H2. The Balaban J connectivity index is 1.41. The van der Waals surface area contributed by atoms with Crippen LogP contribution in [0.5, 0.6) is 0 Å². The number of esters is 1. The predicted octanol–water partition coefficient (Wildman–Crippen LogP) is 3.02. The topological polar surface area (TPSA) is 56.3 Å². The van der Waals surface area contributed by atoms with Gasteiger partial charge in [-0.2, -0.15) is 0 Å². The Morgan fingerprint density at radius 1 is 1.05 bits per heavy atom. The smallest absolute Gasteiger partial charge is 0.338 e. The lowest BCUT2D eigenvalue weighted by molar-refractivity contribution is -0.147. The van der Waals surface area contributed by atoms with Crippen molar-refractivity contribution in [1.82, 2.24) is 4.98 Å². The zero-order valence-corrected chi connectivity index (χ0v) is 12.7. The molecule has 22 heavy (non-hydrogen) atoms. The molecule has 4 fully saturated rings. The number of Topliss-reactive ketones (excluding diaryl/α,β-unsaturated/α-hetero) is 1. The Morgan fingerprint density at radius 2 is 1.59 bits per heavy atom. The molecule has 0 aliphatic heterocycles. The first-order valence-corrected chi connectivity index (χ1v) is 8.25. The monoisotopic (exact) mass is 299 g/mol. The van der Waals surface area contributed by atoms with Crippen molar-refractivity contribution in [2.75, 3.05) is 6.61 Å². The lowest BCUT2D eigenvalue weighted by atomic mass is 9.48. The fourth-order valence-corrected chi connectivity index (χ4v) is 5.31. The quantitative estimate of drug-likeness (QED) is 0.802. The zero-order chi connectivity index (χ0) is 15.2. The summed E-state index contributed by atoms with van der Waals surface area (Å²) in [5.41, 5.74) is 0.265. The van der Waals surface area contributed by atoms with Crippen LogP contribution in [0, 0.1) is 23.2 Å². The number of ether oxygens (including phenoxy) is 1. The Hall–Kier alpha value is -1.71. The van der Waals surface area contributed by atoms with Gasteiger partial charge in [-0.05, 0) is 68.4 Å². The van der Waals surface area contributed by atoms with Crippen molar-refractivity contribution in [2.45, 2.75) is 38.5 Å². The van der Waals surface area contributed by atoms with Gasteiger partial charge in [-0.3, -0.25) is 9.78 Å². The van der Waals surface area contributed by atoms with Crippen LogP contribution < -0.4 is 0 Å². The van der Waals surface area contributed by atoms with Crippen LogP contribution in [0.2, 0.25) is 0 Å². The first-order chi connectivity index (χ1) is 10.6. The predicted molar refractivity (Wildman–Crippen MR) is 80.1 cm³/mol. The molecule has 4 nitrogen and oxygen atoms in total. The summed E-state index contributed by atoms with van der Waals surface area (Å²) in [6.07, 6.45) is 10.1. The Labute approximate surface area is 130 Å². The van der Waals surface area contributed by atoms with Crippen LogP contribution in [0.15, 0.2) is 24.5 Å². The van der Waals surface area contributed by atoms with Crippen LogP contribution in [-0.4, -0.2) is 23.3 Å². The summed E-state index contributed by atoms with van der Waals surface area (Å²) < 4.78 is 5.26. The fraction of sp³-hybridized carbons (Fsp3) is 0.611. The molecule has 5 rings (SSSR count).